The summed E-state index contributed by atoms with van der Waals surface area (Å²) in [5, 5.41) is 3.20. The molecule has 1 aliphatic heterocycles. The topological polar surface area (TPSA) is 70.7 Å². The molecule has 2 fully saturated rings. The molecule has 0 spiro atoms. The monoisotopic (exact) mass is 552 g/mol. The number of carbonyl (C=O) groups excluding carboxylic acids is 1. The fourth-order valence-corrected chi connectivity index (χ4v) is 5.15. The van der Waals surface area contributed by atoms with Crippen molar-refractivity contribution < 1.29 is 9.18 Å². The summed E-state index contributed by atoms with van der Waals surface area (Å²) in [5.41, 5.74) is 8.73. The van der Waals surface area contributed by atoms with Crippen LogP contribution in [-0.4, -0.2) is 54.5 Å². The summed E-state index contributed by atoms with van der Waals surface area (Å²) in [6.45, 7) is 13.6. The van der Waals surface area contributed by atoms with E-state index in [1.807, 2.05) is 56.3 Å². The van der Waals surface area contributed by atoms with E-state index in [9.17, 15) is 9.18 Å². The third-order valence-electron chi connectivity index (χ3n) is 7.75. The summed E-state index contributed by atoms with van der Waals surface area (Å²) in [7, 11) is 0. The molecule has 4 rings (SSSR count). The number of halogens is 1. The zero-order valence-electron chi connectivity index (χ0n) is 25.6. The fourth-order valence-electron chi connectivity index (χ4n) is 5.15. The number of hydrogen-bond acceptors (Lipinski definition) is 3. The van der Waals surface area contributed by atoms with Crippen LogP contribution in [0.15, 0.2) is 59.6 Å². The minimum atomic E-state index is -1.02. The number of nitrogens with one attached hydrogen (secondary N) is 1. The van der Waals surface area contributed by atoms with Crippen LogP contribution in [0.3, 0.4) is 0 Å². The van der Waals surface area contributed by atoms with Crippen molar-refractivity contribution in [1.82, 2.24) is 10.2 Å². The molecule has 0 unspecified atom stereocenters. The molecule has 1 saturated heterocycles. The number of benzene rings is 2. The van der Waals surface area contributed by atoms with Gasteiger partial charge in [0.15, 0.2) is 0 Å². The van der Waals surface area contributed by atoms with Crippen molar-refractivity contribution in [3.63, 3.8) is 0 Å². The summed E-state index contributed by atoms with van der Waals surface area (Å²) in [4.78, 5) is 19.3. The quantitative estimate of drug-likeness (QED) is 0.215. The third-order valence-corrected chi connectivity index (χ3v) is 7.75. The van der Waals surface area contributed by atoms with E-state index in [4.69, 9.17) is 5.73 Å². The first kappa shape index (κ1) is 33.5. The molecule has 2 aromatic carbocycles. The Kier molecular flexibility index (Phi) is 14.9. The summed E-state index contributed by atoms with van der Waals surface area (Å²) in [6, 6.07) is 18.7. The van der Waals surface area contributed by atoms with Gasteiger partial charge in [-0.15, -0.1) is 0 Å². The van der Waals surface area contributed by atoms with E-state index in [-0.39, 0.29) is 17.9 Å². The van der Waals surface area contributed by atoms with Gasteiger partial charge >= 0.3 is 0 Å². The summed E-state index contributed by atoms with van der Waals surface area (Å²) < 4.78 is 13.9. The number of likely N-dealkylation sites (tertiary alicyclic amines) is 1. The zero-order valence-corrected chi connectivity index (χ0v) is 25.6. The van der Waals surface area contributed by atoms with Crippen molar-refractivity contribution >= 4 is 11.7 Å². The Balaban J connectivity index is 0.000000534. The lowest BCUT2D eigenvalue weighted by Gasteiger charge is -2.32. The smallest absolute Gasteiger partial charge is 0.224 e. The van der Waals surface area contributed by atoms with Crippen LogP contribution >= 0.6 is 0 Å². The summed E-state index contributed by atoms with van der Waals surface area (Å²) in [6.07, 6.45) is 6.22. The maximum Gasteiger partial charge on any atom is 0.224 e. The number of nitrogens with zero attached hydrogens (tertiary/aromatic N) is 2. The molecule has 40 heavy (non-hydrogen) atoms. The molecule has 6 heteroatoms. The fraction of sp³-hybridized carbons (Fsp3) is 0.588. The predicted molar refractivity (Wildman–Crippen MR) is 168 cm³/mol. The van der Waals surface area contributed by atoms with Crippen LogP contribution in [-0.2, 0) is 11.2 Å². The maximum absolute atomic E-state index is 13.9. The van der Waals surface area contributed by atoms with Gasteiger partial charge in [0.2, 0.25) is 5.91 Å². The second-order valence-electron chi connectivity index (χ2n) is 11.3. The molecule has 3 N–H and O–H groups in total. The molecule has 222 valence electrons. The predicted octanol–water partition coefficient (Wildman–Crippen LogP) is 6.81. The molecular formula is C34H53FN4O. The van der Waals surface area contributed by atoms with Gasteiger partial charge in [0.05, 0.1) is 12.3 Å². The van der Waals surface area contributed by atoms with Gasteiger partial charge in [-0.2, -0.15) is 0 Å². The molecule has 1 saturated carbocycles. The summed E-state index contributed by atoms with van der Waals surface area (Å²) in [5.74, 6) is 1.08. The van der Waals surface area contributed by atoms with E-state index in [0.717, 1.165) is 63.8 Å². The number of aryl methyl sites for hydroxylation is 2. The lowest BCUT2D eigenvalue weighted by Crippen LogP contribution is -2.45. The van der Waals surface area contributed by atoms with E-state index in [2.05, 4.69) is 41.2 Å². The van der Waals surface area contributed by atoms with E-state index in [1.165, 1.54) is 11.1 Å². The number of rotatable bonds is 8. The van der Waals surface area contributed by atoms with Gasteiger partial charge in [-0.3, -0.25) is 9.79 Å². The number of hydrogen-bond donors (Lipinski definition) is 2. The number of amides is 1. The Labute approximate surface area is 242 Å². The van der Waals surface area contributed by atoms with Crippen molar-refractivity contribution in [3.05, 3.63) is 71.3 Å². The molecule has 0 bridgehead atoms. The lowest BCUT2D eigenvalue weighted by molar-refractivity contribution is -0.121. The van der Waals surface area contributed by atoms with Crippen molar-refractivity contribution in [3.8, 4) is 0 Å². The number of piperidine rings is 1. The number of carbonyl (C=O) groups is 1. The van der Waals surface area contributed by atoms with Crippen LogP contribution in [0, 0.1) is 19.8 Å². The molecule has 0 atom stereocenters. The molecule has 1 aliphatic carbocycles. The molecule has 2 aliphatic rings. The average Bonchev–Trinajstić information content (AvgIpc) is 2.95. The van der Waals surface area contributed by atoms with Crippen molar-refractivity contribution in [2.45, 2.75) is 97.7 Å². The highest BCUT2D eigenvalue weighted by Gasteiger charge is 2.32. The van der Waals surface area contributed by atoms with Crippen LogP contribution in [0.1, 0.15) is 82.4 Å². The Morgan fingerprint density at radius 3 is 2.10 bits per heavy atom. The van der Waals surface area contributed by atoms with Gasteiger partial charge < -0.3 is 16.0 Å². The first-order valence-corrected chi connectivity index (χ1v) is 15.3. The lowest BCUT2D eigenvalue weighted by atomic mass is 9.80. The van der Waals surface area contributed by atoms with E-state index in [0.29, 0.717) is 25.1 Å². The van der Waals surface area contributed by atoms with Gasteiger partial charge in [0.25, 0.3) is 0 Å². The van der Waals surface area contributed by atoms with Crippen LogP contribution in [0.4, 0.5) is 4.39 Å². The molecule has 2 aromatic rings. The largest absolute Gasteiger partial charge is 0.387 e. The molecule has 5 nitrogen and oxygen atoms in total. The van der Waals surface area contributed by atoms with Crippen LogP contribution in [0.2, 0.25) is 0 Å². The van der Waals surface area contributed by atoms with Crippen molar-refractivity contribution in [1.29, 1.82) is 0 Å². The van der Waals surface area contributed by atoms with E-state index in [1.54, 1.807) is 6.92 Å². The molecule has 1 amide bonds. The maximum atomic E-state index is 13.9. The highest BCUT2D eigenvalue weighted by Crippen LogP contribution is 2.34. The van der Waals surface area contributed by atoms with Crippen LogP contribution in [0.5, 0.6) is 0 Å². The molecular weight excluding hydrogens is 499 g/mol. The molecule has 0 radical (unpaired) electrons. The SMILES string of the molecule is CC.Cc1ccc(CC(=O)NC2CCN(CCCN=C(N)C3CCC(C)(F)CC3)CC2)cc1.Cc1ccccc1. The number of aliphatic imine (C=N–C) groups is 1. The van der Waals surface area contributed by atoms with Gasteiger partial charge in [-0.1, -0.05) is 79.6 Å². The minimum Gasteiger partial charge on any atom is -0.387 e. The van der Waals surface area contributed by atoms with Crippen LogP contribution < -0.4 is 11.1 Å². The molecule has 0 aromatic heterocycles. The average molecular weight is 553 g/mol. The number of nitrogens with two attached hydrogens (primary N) is 1. The van der Waals surface area contributed by atoms with Gasteiger partial charge in [0.1, 0.15) is 5.67 Å². The van der Waals surface area contributed by atoms with Crippen LogP contribution in [0.25, 0.3) is 0 Å². The molecule has 1 heterocycles. The van der Waals surface area contributed by atoms with E-state index < -0.39 is 5.67 Å². The van der Waals surface area contributed by atoms with Gasteiger partial charge in [-0.05, 0) is 77.8 Å². The number of alkyl halides is 1. The first-order chi connectivity index (χ1) is 19.2. The third kappa shape index (κ3) is 13.1. The van der Waals surface area contributed by atoms with Gasteiger partial charge in [0, 0.05) is 31.6 Å². The van der Waals surface area contributed by atoms with Crippen molar-refractivity contribution in [2.24, 2.45) is 16.6 Å². The Morgan fingerprint density at radius 1 is 0.975 bits per heavy atom. The highest BCUT2D eigenvalue weighted by molar-refractivity contribution is 5.83. The Bertz CT molecular complexity index is 988. The second kappa shape index (κ2) is 17.9. The van der Waals surface area contributed by atoms with Crippen molar-refractivity contribution in [2.75, 3.05) is 26.2 Å². The number of amidine groups is 1. The van der Waals surface area contributed by atoms with E-state index >= 15 is 0 Å². The van der Waals surface area contributed by atoms with Gasteiger partial charge in [-0.25, -0.2) is 4.39 Å². The second-order valence-corrected chi connectivity index (χ2v) is 11.3. The summed E-state index contributed by atoms with van der Waals surface area (Å²) >= 11 is 0. The Hall–Kier alpha value is -2.73. The minimum absolute atomic E-state index is 0.114. The zero-order chi connectivity index (χ0) is 29.4. The highest BCUT2D eigenvalue weighted by atomic mass is 19.1. The standard InChI is InChI=1S/C25H39FN4O.C7H8.C2H6/c1-19-4-6-20(7-5-19)18-23(31)29-22-10-16-30(17-11-22)15-3-14-28-24(27)21-8-12-25(2,26)13-9-21;1-7-5-3-2-4-6-7;1-2/h4-7,21-22H,3,8-18H2,1-2H3,(H2,27,28)(H,29,31);2-6H,1H3;1-2H3. The first-order valence-electron chi connectivity index (χ1n) is 15.3. The Morgan fingerprint density at radius 2 is 1.55 bits per heavy atom. The normalized spacial score (nSPS) is 21.9.